The molecule has 1 aliphatic rings. The largest absolute Gasteiger partial charge is 0.338 e. The van der Waals surface area contributed by atoms with Gasteiger partial charge in [-0.3, -0.25) is 9.78 Å². The zero-order valence-corrected chi connectivity index (χ0v) is 10.1. The van der Waals surface area contributed by atoms with Crippen molar-refractivity contribution in [2.75, 3.05) is 13.1 Å². The molecule has 1 fully saturated rings. The summed E-state index contributed by atoms with van der Waals surface area (Å²) in [6.07, 6.45) is 5.41. The Labute approximate surface area is 100 Å². The van der Waals surface area contributed by atoms with Gasteiger partial charge in [0.2, 0.25) is 0 Å². The maximum atomic E-state index is 12.2. The Bertz CT molecular complexity index is 394. The Hall–Kier alpha value is -1.09. The van der Waals surface area contributed by atoms with E-state index >= 15 is 0 Å². The molecule has 0 N–H and O–H groups in total. The molecule has 1 atom stereocenters. The van der Waals surface area contributed by atoms with Gasteiger partial charge in [-0.05, 0) is 24.8 Å². The predicted molar refractivity (Wildman–Crippen MR) is 63.5 cm³/mol. The smallest absolute Gasteiger partial charge is 0.256 e. The van der Waals surface area contributed by atoms with Crippen LogP contribution in [-0.2, 0) is 0 Å². The SMILES string of the molecule is CC1CCCN(C(=O)c2cnccc2Cl)C1. The van der Waals surface area contributed by atoms with Gasteiger partial charge in [0, 0.05) is 25.5 Å². The molecule has 1 aromatic heterocycles. The van der Waals surface area contributed by atoms with E-state index in [4.69, 9.17) is 11.6 Å². The minimum Gasteiger partial charge on any atom is -0.338 e. The Morgan fingerprint density at radius 2 is 2.44 bits per heavy atom. The fourth-order valence-corrected chi connectivity index (χ4v) is 2.27. The molecule has 0 saturated carbocycles. The molecule has 0 aromatic carbocycles. The Morgan fingerprint density at radius 3 is 3.12 bits per heavy atom. The van der Waals surface area contributed by atoms with E-state index in [-0.39, 0.29) is 5.91 Å². The Kier molecular flexibility index (Phi) is 3.44. The van der Waals surface area contributed by atoms with Crippen LogP contribution < -0.4 is 0 Å². The van der Waals surface area contributed by atoms with Gasteiger partial charge >= 0.3 is 0 Å². The molecule has 2 heterocycles. The first-order valence-electron chi connectivity index (χ1n) is 5.57. The van der Waals surface area contributed by atoms with Crippen molar-refractivity contribution in [3.8, 4) is 0 Å². The molecule has 1 aromatic rings. The zero-order chi connectivity index (χ0) is 11.5. The minimum absolute atomic E-state index is 0.00431. The molecule has 1 unspecified atom stereocenters. The molecule has 1 aliphatic heterocycles. The number of carbonyl (C=O) groups excluding carboxylic acids is 1. The third-order valence-corrected chi connectivity index (χ3v) is 3.27. The lowest BCUT2D eigenvalue weighted by molar-refractivity contribution is 0.0683. The van der Waals surface area contributed by atoms with Gasteiger partial charge in [-0.25, -0.2) is 0 Å². The predicted octanol–water partition coefficient (Wildman–Crippen LogP) is 2.61. The number of amides is 1. The highest BCUT2D eigenvalue weighted by molar-refractivity contribution is 6.33. The van der Waals surface area contributed by atoms with Gasteiger partial charge in [-0.1, -0.05) is 18.5 Å². The van der Waals surface area contributed by atoms with Crippen LogP contribution in [0.1, 0.15) is 30.1 Å². The summed E-state index contributed by atoms with van der Waals surface area (Å²) < 4.78 is 0. The van der Waals surface area contributed by atoms with Gasteiger partial charge in [-0.15, -0.1) is 0 Å². The van der Waals surface area contributed by atoms with E-state index in [9.17, 15) is 4.79 Å². The lowest BCUT2D eigenvalue weighted by atomic mass is 10.00. The topological polar surface area (TPSA) is 33.2 Å². The number of hydrogen-bond donors (Lipinski definition) is 0. The van der Waals surface area contributed by atoms with Crippen molar-refractivity contribution in [2.45, 2.75) is 19.8 Å². The van der Waals surface area contributed by atoms with E-state index in [1.54, 1.807) is 18.5 Å². The minimum atomic E-state index is 0.00431. The van der Waals surface area contributed by atoms with Crippen molar-refractivity contribution >= 4 is 17.5 Å². The van der Waals surface area contributed by atoms with Crippen molar-refractivity contribution in [3.63, 3.8) is 0 Å². The van der Waals surface area contributed by atoms with Gasteiger partial charge in [0.05, 0.1) is 10.6 Å². The second kappa shape index (κ2) is 4.83. The van der Waals surface area contributed by atoms with Crippen LogP contribution in [0.15, 0.2) is 18.5 Å². The third kappa shape index (κ3) is 2.35. The van der Waals surface area contributed by atoms with E-state index < -0.39 is 0 Å². The quantitative estimate of drug-likeness (QED) is 0.754. The van der Waals surface area contributed by atoms with Crippen molar-refractivity contribution in [3.05, 3.63) is 29.0 Å². The molecular weight excluding hydrogens is 224 g/mol. The number of likely N-dealkylation sites (tertiary alicyclic amines) is 1. The Morgan fingerprint density at radius 1 is 1.62 bits per heavy atom. The maximum absolute atomic E-state index is 12.2. The van der Waals surface area contributed by atoms with Crippen LogP contribution >= 0.6 is 11.6 Å². The number of nitrogens with zero attached hydrogens (tertiary/aromatic N) is 2. The molecule has 0 aliphatic carbocycles. The van der Waals surface area contributed by atoms with Crippen molar-refractivity contribution < 1.29 is 4.79 Å². The normalized spacial score (nSPS) is 20.9. The van der Waals surface area contributed by atoms with E-state index in [1.807, 2.05) is 4.90 Å². The lowest BCUT2D eigenvalue weighted by Crippen LogP contribution is -2.39. The first-order chi connectivity index (χ1) is 7.68. The van der Waals surface area contributed by atoms with Crippen LogP contribution in [0.4, 0.5) is 0 Å². The molecule has 1 saturated heterocycles. The molecule has 16 heavy (non-hydrogen) atoms. The lowest BCUT2D eigenvalue weighted by Gasteiger charge is -2.31. The van der Waals surface area contributed by atoms with Crippen LogP contribution in [0.25, 0.3) is 0 Å². The van der Waals surface area contributed by atoms with Crippen LogP contribution in [0.2, 0.25) is 5.02 Å². The summed E-state index contributed by atoms with van der Waals surface area (Å²) >= 11 is 5.99. The summed E-state index contributed by atoms with van der Waals surface area (Å²) in [4.78, 5) is 18.0. The van der Waals surface area contributed by atoms with Crippen molar-refractivity contribution in [1.82, 2.24) is 9.88 Å². The van der Waals surface area contributed by atoms with E-state index in [0.717, 1.165) is 19.5 Å². The monoisotopic (exact) mass is 238 g/mol. The average Bonchev–Trinajstić information content (AvgIpc) is 2.29. The van der Waals surface area contributed by atoms with Crippen LogP contribution in [-0.4, -0.2) is 28.9 Å². The average molecular weight is 239 g/mol. The summed E-state index contributed by atoms with van der Waals surface area (Å²) in [7, 11) is 0. The highest BCUT2D eigenvalue weighted by Gasteiger charge is 2.23. The maximum Gasteiger partial charge on any atom is 0.256 e. The second-order valence-corrected chi connectivity index (χ2v) is 4.76. The molecule has 4 heteroatoms. The van der Waals surface area contributed by atoms with E-state index in [2.05, 4.69) is 11.9 Å². The standard InChI is InChI=1S/C12H15ClN2O/c1-9-3-2-6-15(8-9)12(16)10-7-14-5-4-11(10)13/h4-5,7,9H,2-3,6,8H2,1H3. The van der Waals surface area contributed by atoms with Gasteiger partial charge in [0.15, 0.2) is 0 Å². The number of aromatic nitrogens is 1. The van der Waals surface area contributed by atoms with Gasteiger partial charge in [0.25, 0.3) is 5.91 Å². The van der Waals surface area contributed by atoms with E-state index in [1.165, 1.54) is 6.42 Å². The highest BCUT2D eigenvalue weighted by atomic mass is 35.5. The third-order valence-electron chi connectivity index (χ3n) is 2.94. The van der Waals surface area contributed by atoms with E-state index in [0.29, 0.717) is 16.5 Å². The van der Waals surface area contributed by atoms with Gasteiger partial charge in [0.1, 0.15) is 0 Å². The fourth-order valence-electron chi connectivity index (χ4n) is 2.08. The molecule has 0 radical (unpaired) electrons. The molecule has 3 nitrogen and oxygen atoms in total. The Balaban J connectivity index is 2.16. The number of hydrogen-bond acceptors (Lipinski definition) is 2. The summed E-state index contributed by atoms with van der Waals surface area (Å²) in [6, 6.07) is 1.65. The molecule has 2 rings (SSSR count). The zero-order valence-electron chi connectivity index (χ0n) is 9.32. The van der Waals surface area contributed by atoms with Gasteiger partial charge < -0.3 is 4.90 Å². The molecule has 86 valence electrons. The first-order valence-corrected chi connectivity index (χ1v) is 5.95. The summed E-state index contributed by atoms with van der Waals surface area (Å²) in [5, 5.41) is 0.484. The fraction of sp³-hybridized carbons (Fsp3) is 0.500. The molecule has 0 bridgehead atoms. The molecular formula is C12H15ClN2O. The summed E-state index contributed by atoms with van der Waals surface area (Å²) in [5.74, 6) is 0.581. The summed E-state index contributed by atoms with van der Waals surface area (Å²) in [6.45, 7) is 3.82. The van der Waals surface area contributed by atoms with Gasteiger partial charge in [-0.2, -0.15) is 0 Å². The van der Waals surface area contributed by atoms with Crippen LogP contribution in [0.3, 0.4) is 0 Å². The van der Waals surface area contributed by atoms with Crippen LogP contribution in [0, 0.1) is 5.92 Å². The number of rotatable bonds is 1. The molecule has 1 amide bonds. The first kappa shape index (κ1) is 11.4. The number of piperidine rings is 1. The number of pyridine rings is 1. The van der Waals surface area contributed by atoms with Crippen molar-refractivity contribution in [2.24, 2.45) is 5.92 Å². The summed E-state index contributed by atoms with van der Waals surface area (Å²) in [5.41, 5.74) is 0.512. The van der Waals surface area contributed by atoms with Crippen molar-refractivity contribution in [1.29, 1.82) is 0 Å². The van der Waals surface area contributed by atoms with Crippen LogP contribution in [0.5, 0.6) is 0 Å². The second-order valence-electron chi connectivity index (χ2n) is 4.35. The number of halogens is 1. The highest BCUT2D eigenvalue weighted by Crippen LogP contribution is 2.21. The number of carbonyl (C=O) groups is 1. The molecule has 0 spiro atoms.